The van der Waals surface area contributed by atoms with Crippen molar-refractivity contribution >= 4 is 5.78 Å². The lowest BCUT2D eigenvalue weighted by atomic mass is 9.77. The zero-order valence-electron chi connectivity index (χ0n) is 10.3. The molecule has 1 aliphatic rings. The fourth-order valence-electron chi connectivity index (χ4n) is 2.70. The molecule has 0 aliphatic heterocycles. The molecule has 0 heterocycles. The van der Waals surface area contributed by atoms with Gasteiger partial charge in [-0.25, -0.2) is 4.39 Å². The predicted molar refractivity (Wildman–Crippen MR) is 66.2 cm³/mol. The number of carbonyl (C=O) groups excluding carboxylic acids is 1. The first-order chi connectivity index (χ1) is 8.20. The van der Waals surface area contributed by atoms with Crippen LogP contribution in [0, 0.1) is 17.7 Å². The molecule has 0 N–H and O–H groups in total. The van der Waals surface area contributed by atoms with E-state index in [4.69, 9.17) is 0 Å². The standard InChI is InChI=1S/C15H19FO/c1-2-11-7-8-15(17)13(9-11)10-12-5-3-4-6-14(12)16/h3-6,11,13H,2,7-10H2,1H3. The Balaban J connectivity index is 2.07. The summed E-state index contributed by atoms with van der Waals surface area (Å²) in [4.78, 5) is 11.8. The van der Waals surface area contributed by atoms with Crippen molar-refractivity contribution in [1.82, 2.24) is 0 Å². The van der Waals surface area contributed by atoms with Crippen molar-refractivity contribution in [2.24, 2.45) is 11.8 Å². The van der Waals surface area contributed by atoms with Gasteiger partial charge in [-0.2, -0.15) is 0 Å². The van der Waals surface area contributed by atoms with Gasteiger partial charge in [0.25, 0.3) is 0 Å². The number of carbonyl (C=O) groups is 1. The largest absolute Gasteiger partial charge is 0.299 e. The molecular weight excluding hydrogens is 215 g/mol. The van der Waals surface area contributed by atoms with E-state index in [0.29, 0.717) is 30.1 Å². The van der Waals surface area contributed by atoms with Crippen LogP contribution in [0.2, 0.25) is 0 Å². The van der Waals surface area contributed by atoms with E-state index in [-0.39, 0.29) is 11.7 Å². The molecule has 0 amide bonds. The molecule has 1 aromatic carbocycles. The lowest BCUT2D eigenvalue weighted by Crippen LogP contribution is -2.26. The van der Waals surface area contributed by atoms with E-state index in [1.807, 2.05) is 6.07 Å². The minimum absolute atomic E-state index is 0.0330. The van der Waals surface area contributed by atoms with Crippen LogP contribution in [-0.2, 0) is 11.2 Å². The molecule has 2 unspecified atom stereocenters. The minimum atomic E-state index is -0.182. The van der Waals surface area contributed by atoms with Crippen LogP contribution >= 0.6 is 0 Å². The van der Waals surface area contributed by atoms with Crippen LogP contribution in [0.3, 0.4) is 0 Å². The number of Topliss-reactive ketones (excluding diaryl/α,β-unsaturated/α-hetero) is 1. The van der Waals surface area contributed by atoms with E-state index < -0.39 is 0 Å². The Morgan fingerprint density at radius 2 is 2.12 bits per heavy atom. The molecule has 2 heteroatoms. The van der Waals surface area contributed by atoms with Gasteiger partial charge in [0.1, 0.15) is 11.6 Å². The fraction of sp³-hybridized carbons (Fsp3) is 0.533. The fourth-order valence-corrected chi connectivity index (χ4v) is 2.70. The lowest BCUT2D eigenvalue weighted by molar-refractivity contribution is -0.125. The van der Waals surface area contributed by atoms with Crippen molar-refractivity contribution in [2.75, 3.05) is 0 Å². The van der Waals surface area contributed by atoms with Gasteiger partial charge in [-0.1, -0.05) is 31.5 Å². The first kappa shape index (κ1) is 12.3. The Morgan fingerprint density at radius 3 is 2.82 bits per heavy atom. The SMILES string of the molecule is CCC1CCC(=O)C(Cc2ccccc2F)C1. The highest BCUT2D eigenvalue weighted by Gasteiger charge is 2.28. The summed E-state index contributed by atoms with van der Waals surface area (Å²) in [6, 6.07) is 6.79. The Kier molecular flexibility index (Phi) is 3.93. The number of benzene rings is 1. The van der Waals surface area contributed by atoms with Crippen LogP contribution in [0.1, 0.15) is 38.2 Å². The van der Waals surface area contributed by atoms with E-state index in [0.717, 1.165) is 19.3 Å². The van der Waals surface area contributed by atoms with Crippen LogP contribution in [0.25, 0.3) is 0 Å². The Bertz CT molecular complexity index is 400. The third-order valence-electron chi connectivity index (χ3n) is 3.87. The Labute approximate surface area is 102 Å². The normalized spacial score (nSPS) is 24.9. The van der Waals surface area contributed by atoms with Gasteiger partial charge in [-0.15, -0.1) is 0 Å². The summed E-state index contributed by atoms with van der Waals surface area (Å²) in [7, 11) is 0. The highest BCUT2D eigenvalue weighted by molar-refractivity contribution is 5.82. The highest BCUT2D eigenvalue weighted by Crippen LogP contribution is 2.31. The predicted octanol–water partition coefficient (Wildman–Crippen LogP) is 3.76. The molecular formula is C15H19FO. The third kappa shape index (κ3) is 2.93. The maximum Gasteiger partial charge on any atom is 0.136 e. The van der Waals surface area contributed by atoms with Crippen molar-refractivity contribution in [3.63, 3.8) is 0 Å². The topological polar surface area (TPSA) is 17.1 Å². The van der Waals surface area contributed by atoms with Crippen LogP contribution < -0.4 is 0 Å². The average molecular weight is 234 g/mol. The molecule has 1 aliphatic carbocycles. The van der Waals surface area contributed by atoms with Crippen molar-refractivity contribution in [3.05, 3.63) is 35.6 Å². The summed E-state index contributed by atoms with van der Waals surface area (Å²) in [5.74, 6) is 0.812. The molecule has 1 saturated carbocycles. The van der Waals surface area contributed by atoms with Crippen molar-refractivity contribution < 1.29 is 9.18 Å². The van der Waals surface area contributed by atoms with Gasteiger partial charge in [-0.3, -0.25) is 4.79 Å². The highest BCUT2D eigenvalue weighted by atomic mass is 19.1. The van der Waals surface area contributed by atoms with Gasteiger partial charge in [0.05, 0.1) is 0 Å². The number of halogens is 1. The van der Waals surface area contributed by atoms with E-state index in [2.05, 4.69) is 6.92 Å². The smallest absolute Gasteiger partial charge is 0.136 e. The second-order valence-corrected chi connectivity index (χ2v) is 5.01. The summed E-state index contributed by atoms with van der Waals surface area (Å²) in [5, 5.41) is 0. The first-order valence-corrected chi connectivity index (χ1v) is 6.46. The Hall–Kier alpha value is -1.18. The molecule has 0 aromatic heterocycles. The maximum absolute atomic E-state index is 13.5. The number of ketones is 1. The zero-order valence-corrected chi connectivity index (χ0v) is 10.3. The monoisotopic (exact) mass is 234 g/mol. The molecule has 0 radical (unpaired) electrons. The molecule has 0 saturated heterocycles. The molecule has 92 valence electrons. The number of hydrogen-bond donors (Lipinski definition) is 0. The van der Waals surface area contributed by atoms with Gasteiger partial charge in [0, 0.05) is 12.3 Å². The van der Waals surface area contributed by atoms with Gasteiger partial charge in [0.15, 0.2) is 0 Å². The third-order valence-corrected chi connectivity index (χ3v) is 3.87. The summed E-state index contributed by atoms with van der Waals surface area (Å²) in [6.45, 7) is 2.17. The second kappa shape index (κ2) is 5.44. The van der Waals surface area contributed by atoms with E-state index in [1.165, 1.54) is 6.07 Å². The molecule has 17 heavy (non-hydrogen) atoms. The van der Waals surface area contributed by atoms with Crippen LogP contribution in [0.15, 0.2) is 24.3 Å². The molecule has 0 spiro atoms. The van der Waals surface area contributed by atoms with Crippen LogP contribution in [-0.4, -0.2) is 5.78 Å². The maximum atomic E-state index is 13.5. The van der Waals surface area contributed by atoms with E-state index in [1.54, 1.807) is 12.1 Å². The van der Waals surface area contributed by atoms with Gasteiger partial charge in [-0.05, 0) is 36.8 Å². The molecule has 2 atom stereocenters. The quantitative estimate of drug-likeness (QED) is 0.778. The van der Waals surface area contributed by atoms with Gasteiger partial charge in [0.2, 0.25) is 0 Å². The van der Waals surface area contributed by atoms with Crippen LogP contribution in [0.4, 0.5) is 4.39 Å². The van der Waals surface area contributed by atoms with Crippen molar-refractivity contribution in [2.45, 2.75) is 39.0 Å². The summed E-state index contributed by atoms with van der Waals surface area (Å²) >= 11 is 0. The molecule has 1 nitrogen and oxygen atoms in total. The number of rotatable bonds is 3. The van der Waals surface area contributed by atoms with E-state index >= 15 is 0 Å². The molecule has 0 bridgehead atoms. The summed E-state index contributed by atoms with van der Waals surface area (Å²) < 4.78 is 13.5. The Morgan fingerprint density at radius 1 is 1.35 bits per heavy atom. The van der Waals surface area contributed by atoms with Crippen molar-refractivity contribution in [3.8, 4) is 0 Å². The second-order valence-electron chi connectivity index (χ2n) is 5.01. The molecule has 1 fully saturated rings. The summed E-state index contributed by atoms with van der Waals surface area (Å²) in [5.41, 5.74) is 0.683. The van der Waals surface area contributed by atoms with Crippen LogP contribution in [0.5, 0.6) is 0 Å². The average Bonchev–Trinajstić information content (AvgIpc) is 2.35. The van der Waals surface area contributed by atoms with E-state index in [9.17, 15) is 9.18 Å². The van der Waals surface area contributed by atoms with Crippen molar-refractivity contribution in [1.29, 1.82) is 0 Å². The lowest BCUT2D eigenvalue weighted by Gasteiger charge is -2.27. The van der Waals surface area contributed by atoms with Gasteiger partial charge >= 0.3 is 0 Å². The van der Waals surface area contributed by atoms with Gasteiger partial charge < -0.3 is 0 Å². The first-order valence-electron chi connectivity index (χ1n) is 6.46. The molecule has 2 rings (SSSR count). The number of hydrogen-bond acceptors (Lipinski definition) is 1. The minimum Gasteiger partial charge on any atom is -0.299 e. The zero-order chi connectivity index (χ0) is 12.3. The summed E-state index contributed by atoms with van der Waals surface area (Å²) in [6.07, 6.45) is 4.33. The molecule has 1 aromatic rings.